The second-order valence-electron chi connectivity index (χ2n) is 17.6. The Morgan fingerprint density at radius 2 is 0.759 bits per heavy atom. The van der Waals surface area contributed by atoms with Gasteiger partial charge in [0.05, 0.1) is 18.8 Å². The van der Waals surface area contributed by atoms with Crippen molar-refractivity contribution in [1.82, 2.24) is 5.32 Å². The van der Waals surface area contributed by atoms with E-state index in [1.807, 2.05) is 6.08 Å². The Bertz CT molecular complexity index is 923. The van der Waals surface area contributed by atoms with Crippen LogP contribution in [0.3, 0.4) is 0 Å². The van der Waals surface area contributed by atoms with E-state index in [1.54, 1.807) is 6.08 Å². The summed E-state index contributed by atoms with van der Waals surface area (Å²) in [4.78, 5) is 12.4. The van der Waals surface area contributed by atoms with Crippen LogP contribution >= 0.6 is 0 Å². The first-order chi connectivity index (χ1) is 28.7. The van der Waals surface area contributed by atoms with Crippen LogP contribution < -0.4 is 5.32 Å². The second-order valence-corrected chi connectivity index (χ2v) is 17.6. The van der Waals surface area contributed by atoms with Crippen molar-refractivity contribution in [1.29, 1.82) is 0 Å². The molecule has 0 saturated heterocycles. The molecule has 0 aliphatic rings. The molecule has 0 aromatic heterocycles. The number of allylic oxidation sites excluding steroid dienone is 7. The van der Waals surface area contributed by atoms with Gasteiger partial charge in [-0.3, -0.25) is 4.79 Å². The number of rotatable bonds is 47. The molecular formula is C54H101NO3. The fourth-order valence-electron chi connectivity index (χ4n) is 7.90. The van der Waals surface area contributed by atoms with E-state index in [1.165, 1.54) is 193 Å². The van der Waals surface area contributed by atoms with Gasteiger partial charge in [0.15, 0.2) is 0 Å². The number of hydrogen-bond acceptors (Lipinski definition) is 3. The number of carbonyl (C=O) groups is 1. The van der Waals surface area contributed by atoms with Crippen LogP contribution in [-0.4, -0.2) is 34.9 Å². The largest absolute Gasteiger partial charge is 0.394 e. The average Bonchev–Trinajstić information content (AvgIpc) is 3.23. The first-order valence-electron chi connectivity index (χ1n) is 25.9. The molecule has 0 fully saturated rings. The van der Waals surface area contributed by atoms with Gasteiger partial charge in [-0.1, -0.05) is 262 Å². The zero-order valence-electron chi connectivity index (χ0n) is 39.1. The smallest absolute Gasteiger partial charge is 0.220 e. The minimum absolute atomic E-state index is 0.0921. The van der Waals surface area contributed by atoms with Gasteiger partial charge in [-0.25, -0.2) is 0 Å². The standard InChI is InChI=1S/C54H101NO3/c1-3-5-7-9-11-13-15-17-18-19-20-21-22-23-24-25-26-27-28-29-30-31-32-33-34-35-36-38-39-41-43-45-47-49-53(57)52(51-56)55-54(58)50-48-46-44-42-40-37-16-14-12-10-8-6-4-2/h6,8,12,14,37,40,47,49,52-53,56-57H,3-5,7,9-11,13,15-36,38-39,41-46,48,50-51H2,1-2H3,(H,55,58)/b8-6-,14-12-,40-37-,49-47+. The third kappa shape index (κ3) is 45.4. The molecule has 0 aromatic carbocycles. The fraction of sp³-hybridized carbons (Fsp3) is 0.833. The van der Waals surface area contributed by atoms with Crippen molar-refractivity contribution in [3.8, 4) is 0 Å². The van der Waals surface area contributed by atoms with Gasteiger partial charge in [-0.2, -0.15) is 0 Å². The van der Waals surface area contributed by atoms with E-state index < -0.39 is 12.1 Å². The van der Waals surface area contributed by atoms with Crippen molar-refractivity contribution < 1.29 is 15.0 Å². The van der Waals surface area contributed by atoms with Crippen LogP contribution in [0.4, 0.5) is 0 Å². The van der Waals surface area contributed by atoms with Crippen LogP contribution in [0.15, 0.2) is 48.6 Å². The summed E-state index contributed by atoms with van der Waals surface area (Å²) < 4.78 is 0. The molecule has 58 heavy (non-hydrogen) atoms. The highest BCUT2D eigenvalue weighted by molar-refractivity contribution is 5.76. The third-order valence-corrected chi connectivity index (χ3v) is 11.8. The lowest BCUT2D eigenvalue weighted by molar-refractivity contribution is -0.123. The monoisotopic (exact) mass is 812 g/mol. The molecule has 0 aliphatic heterocycles. The lowest BCUT2D eigenvalue weighted by Gasteiger charge is -2.19. The Morgan fingerprint density at radius 1 is 0.431 bits per heavy atom. The predicted octanol–water partition coefficient (Wildman–Crippen LogP) is 16.7. The van der Waals surface area contributed by atoms with Crippen LogP contribution in [0, 0.1) is 0 Å². The Kier molecular flexibility index (Phi) is 48.3. The molecule has 3 N–H and O–H groups in total. The summed E-state index contributed by atoms with van der Waals surface area (Å²) in [5.74, 6) is -0.0921. The molecule has 0 bridgehead atoms. The molecule has 2 atom stereocenters. The van der Waals surface area contributed by atoms with Gasteiger partial charge in [-0.15, -0.1) is 0 Å². The molecule has 0 aliphatic carbocycles. The molecule has 340 valence electrons. The highest BCUT2D eigenvalue weighted by Gasteiger charge is 2.17. The van der Waals surface area contributed by atoms with E-state index in [9.17, 15) is 15.0 Å². The number of aliphatic hydroxyl groups excluding tert-OH is 2. The minimum Gasteiger partial charge on any atom is -0.394 e. The Balaban J connectivity index is 3.44. The minimum atomic E-state index is -0.853. The summed E-state index contributed by atoms with van der Waals surface area (Å²) in [6.07, 6.45) is 68.5. The van der Waals surface area contributed by atoms with Crippen molar-refractivity contribution in [2.75, 3.05) is 6.61 Å². The van der Waals surface area contributed by atoms with Crippen LogP contribution in [-0.2, 0) is 4.79 Å². The van der Waals surface area contributed by atoms with E-state index in [2.05, 4.69) is 55.6 Å². The Hall–Kier alpha value is -1.65. The first-order valence-corrected chi connectivity index (χ1v) is 25.9. The quantitative estimate of drug-likeness (QED) is 0.0423. The number of amides is 1. The highest BCUT2D eigenvalue weighted by Crippen LogP contribution is 2.17. The van der Waals surface area contributed by atoms with Gasteiger partial charge in [0.25, 0.3) is 0 Å². The molecule has 0 heterocycles. The molecular weight excluding hydrogens is 711 g/mol. The van der Waals surface area contributed by atoms with Gasteiger partial charge in [-0.05, 0) is 51.4 Å². The average molecular weight is 812 g/mol. The maximum absolute atomic E-state index is 12.4. The molecule has 4 nitrogen and oxygen atoms in total. The van der Waals surface area contributed by atoms with Crippen molar-refractivity contribution in [3.05, 3.63) is 48.6 Å². The number of nitrogens with one attached hydrogen (secondary N) is 1. The van der Waals surface area contributed by atoms with Gasteiger partial charge < -0.3 is 15.5 Å². The zero-order chi connectivity index (χ0) is 42.1. The second kappa shape index (κ2) is 49.7. The van der Waals surface area contributed by atoms with Crippen LogP contribution in [0.25, 0.3) is 0 Å². The number of aliphatic hydroxyl groups is 2. The summed E-state index contributed by atoms with van der Waals surface area (Å²) in [6.45, 7) is 4.19. The van der Waals surface area contributed by atoms with E-state index in [0.29, 0.717) is 6.42 Å². The topological polar surface area (TPSA) is 69.6 Å². The zero-order valence-corrected chi connectivity index (χ0v) is 39.1. The summed E-state index contributed by atoms with van der Waals surface area (Å²) in [5, 5.41) is 23.0. The predicted molar refractivity (Wildman–Crippen MR) is 258 cm³/mol. The molecule has 0 aromatic rings. The van der Waals surface area contributed by atoms with Crippen molar-refractivity contribution >= 4 is 5.91 Å². The maximum Gasteiger partial charge on any atom is 0.220 e. The van der Waals surface area contributed by atoms with E-state index in [4.69, 9.17) is 0 Å². The maximum atomic E-state index is 12.4. The van der Waals surface area contributed by atoms with E-state index in [0.717, 1.165) is 57.8 Å². The third-order valence-electron chi connectivity index (χ3n) is 11.8. The van der Waals surface area contributed by atoms with Crippen LogP contribution in [0.2, 0.25) is 0 Å². The summed E-state index contributed by atoms with van der Waals surface area (Å²) in [5.41, 5.74) is 0. The highest BCUT2D eigenvalue weighted by atomic mass is 16.3. The lowest BCUT2D eigenvalue weighted by Crippen LogP contribution is -2.45. The van der Waals surface area contributed by atoms with Gasteiger partial charge in [0.2, 0.25) is 5.91 Å². The Labute approximate surface area is 363 Å². The van der Waals surface area contributed by atoms with Crippen molar-refractivity contribution in [3.63, 3.8) is 0 Å². The number of carbonyl (C=O) groups excluding carboxylic acids is 1. The fourth-order valence-corrected chi connectivity index (χ4v) is 7.90. The molecule has 0 radical (unpaired) electrons. The number of hydrogen-bond donors (Lipinski definition) is 3. The summed E-state index contributed by atoms with van der Waals surface area (Å²) in [7, 11) is 0. The molecule has 2 unspecified atom stereocenters. The number of unbranched alkanes of at least 4 members (excludes halogenated alkanes) is 34. The molecule has 1 amide bonds. The SMILES string of the molecule is CC/C=C\C/C=C\C/C=C\CCCCCC(=O)NC(CO)C(O)/C=C/CCCCCCCCCCCCCCCCCCCCCCCCCCCCCCCCC. The molecule has 0 spiro atoms. The van der Waals surface area contributed by atoms with Crippen LogP contribution in [0.1, 0.15) is 271 Å². The Morgan fingerprint density at radius 3 is 1.14 bits per heavy atom. The van der Waals surface area contributed by atoms with Gasteiger partial charge >= 0.3 is 0 Å². The van der Waals surface area contributed by atoms with Gasteiger partial charge in [0, 0.05) is 6.42 Å². The molecule has 0 saturated carbocycles. The normalized spacial score (nSPS) is 13.2. The molecule has 0 rings (SSSR count). The summed E-state index contributed by atoms with van der Waals surface area (Å²) in [6, 6.07) is -0.638. The van der Waals surface area contributed by atoms with E-state index >= 15 is 0 Å². The first kappa shape index (κ1) is 56.4. The van der Waals surface area contributed by atoms with Crippen molar-refractivity contribution in [2.24, 2.45) is 0 Å². The van der Waals surface area contributed by atoms with Gasteiger partial charge in [0.1, 0.15) is 0 Å². The van der Waals surface area contributed by atoms with Crippen molar-refractivity contribution in [2.45, 2.75) is 283 Å². The summed E-state index contributed by atoms with van der Waals surface area (Å²) >= 11 is 0. The molecule has 4 heteroatoms. The van der Waals surface area contributed by atoms with Crippen LogP contribution in [0.5, 0.6) is 0 Å². The lowest BCUT2D eigenvalue weighted by atomic mass is 10.0. The van der Waals surface area contributed by atoms with E-state index in [-0.39, 0.29) is 12.5 Å².